The van der Waals surface area contributed by atoms with Gasteiger partial charge in [-0.15, -0.1) is 5.10 Å². The van der Waals surface area contributed by atoms with Gasteiger partial charge in [0.25, 0.3) is 5.88 Å². The molecule has 8 nitrogen and oxygen atoms in total. The molecule has 9 heteroatoms. The van der Waals surface area contributed by atoms with Crippen molar-refractivity contribution in [2.75, 3.05) is 6.26 Å². The summed E-state index contributed by atoms with van der Waals surface area (Å²) in [6.07, 6.45) is 2.89. The zero-order valence-corrected chi connectivity index (χ0v) is 11.3. The van der Waals surface area contributed by atoms with Crippen molar-refractivity contribution in [2.24, 2.45) is 0 Å². The Morgan fingerprint density at radius 3 is 2.30 bits per heavy atom. The molecular weight excluding hydrogens is 286 g/mol. The smallest absolute Gasteiger partial charge is 0.373 e. The van der Waals surface area contributed by atoms with Gasteiger partial charge in [0.15, 0.2) is 9.84 Å². The minimum Gasteiger partial charge on any atom is -0.471 e. The molecule has 0 atom stereocenters. The first-order chi connectivity index (χ1) is 9.47. The van der Waals surface area contributed by atoms with E-state index in [0.717, 1.165) is 5.56 Å². The molecule has 0 aliphatic rings. The van der Waals surface area contributed by atoms with Gasteiger partial charge in [0.1, 0.15) is 12.8 Å². The van der Waals surface area contributed by atoms with Crippen LogP contribution in [0.1, 0.15) is 5.56 Å². The average Bonchev–Trinajstić information content (AvgIpc) is 2.90. The summed E-state index contributed by atoms with van der Waals surface area (Å²) < 4.78 is 27.8. The molecule has 0 amide bonds. The number of hydrogen-bond acceptors (Lipinski definition) is 7. The van der Waals surface area contributed by atoms with Crippen molar-refractivity contribution >= 4 is 16.0 Å². The van der Waals surface area contributed by atoms with Crippen molar-refractivity contribution in [3.63, 3.8) is 0 Å². The number of sulfone groups is 1. The molecular formula is C11H11N3O5S. The van der Waals surface area contributed by atoms with Gasteiger partial charge in [0.2, 0.25) is 0 Å². The highest BCUT2D eigenvalue weighted by molar-refractivity contribution is 7.90. The van der Waals surface area contributed by atoms with Crippen LogP contribution in [0, 0.1) is 0 Å². The number of aromatic amines is 1. The molecule has 0 saturated heterocycles. The van der Waals surface area contributed by atoms with Crippen LogP contribution < -0.4 is 4.74 Å². The minimum absolute atomic E-state index is 0.250. The lowest BCUT2D eigenvalue weighted by molar-refractivity contribution is -0.191. The van der Waals surface area contributed by atoms with Crippen LogP contribution in [0.3, 0.4) is 0 Å². The number of rotatable bonds is 4. The van der Waals surface area contributed by atoms with Gasteiger partial charge in [0.05, 0.1) is 4.90 Å². The van der Waals surface area contributed by atoms with Crippen LogP contribution >= 0.6 is 0 Å². The number of H-pyrrole nitrogens is 1. The summed E-state index contributed by atoms with van der Waals surface area (Å²) >= 11 is 0. The minimum atomic E-state index is -3.15. The van der Waals surface area contributed by atoms with Crippen LogP contribution in [0.4, 0.5) is 0 Å². The van der Waals surface area contributed by atoms with E-state index in [4.69, 9.17) is 14.3 Å². The summed E-state index contributed by atoms with van der Waals surface area (Å²) in [5.41, 5.74) is 0.861. The number of nitrogens with zero attached hydrogens (tertiary/aromatic N) is 2. The standard InChI is InChI=1S/C10H11N3O3S.CO2/c1-17(14,15)9-4-2-8(3-5-9)7-16-10-6-11-13-12-10;2-1-3/h2-6H,7H2,1H3,(H,11,12,13);. The number of aromatic nitrogens is 3. The Kier molecular flexibility index (Phi) is 5.57. The van der Waals surface area contributed by atoms with E-state index in [2.05, 4.69) is 15.4 Å². The second-order valence-corrected chi connectivity index (χ2v) is 5.61. The molecule has 0 spiro atoms. The Bertz CT molecular complexity index is 659. The molecule has 20 heavy (non-hydrogen) atoms. The Morgan fingerprint density at radius 2 is 1.85 bits per heavy atom. The Balaban J connectivity index is 0.000000612. The van der Waals surface area contributed by atoms with E-state index >= 15 is 0 Å². The fraction of sp³-hybridized carbons (Fsp3) is 0.182. The van der Waals surface area contributed by atoms with Gasteiger partial charge in [-0.3, -0.25) is 0 Å². The highest BCUT2D eigenvalue weighted by Gasteiger charge is 2.06. The lowest BCUT2D eigenvalue weighted by atomic mass is 10.2. The first-order valence-corrected chi connectivity index (χ1v) is 7.13. The first kappa shape index (κ1) is 15.5. The van der Waals surface area contributed by atoms with Crippen molar-refractivity contribution in [1.82, 2.24) is 15.4 Å². The molecule has 0 saturated carbocycles. The maximum Gasteiger partial charge on any atom is 0.373 e. The molecule has 0 aliphatic heterocycles. The van der Waals surface area contributed by atoms with E-state index in [-0.39, 0.29) is 6.15 Å². The summed E-state index contributed by atoms with van der Waals surface area (Å²) in [5.74, 6) is 0.400. The molecule has 0 unspecified atom stereocenters. The third kappa shape index (κ3) is 5.01. The third-order valence-corrected chi connectivity index (χ3v) is 3.26. The maximum atomic E-state index is 11.2. The average molecular weight is 297 g/mol. The largest absolute Gasteiger partial charge is 0.471 e. The number of nitrogens with one attached hydrogen (secondary N) is 1. The number of carbonyl (C=O) groups excluding carboxylic acids is 2. The predicted octanol–water partition coefficient (Wildman–Crippen LogP) is 0.204. The summed E-state index contributed by atoms with van der Waals surface area (Å²) in [7, 11) is -3.15. The molecule has 106 valence electrons. The van der Waals surface area contributed by atoms with Crippen LogP contribution in [-0.4, -0.2) is 36.2 Å². The summed E-state index contributed by atoms with van der Waals surface area (Å²) in [4.78, 5) is 16.5. The summed E-state index contributed by atoms with van der Waals surface area (Å²) in [6.45, 7) is 0.316. The van der Waals surface area contributed by atoms with Crippen LogP contribution in [0.25, 0.3) is 0 Å². The number of hydrogen-bond donors (Lipinski definition) is 1. The second-order valence-electron chi connectivity index (χ2n) is 3.60. The van der Waals surface area contributed by atoms with E-state index in [1.165, 1.54) is 12.5 Å². The molecule has 2 aromatic rings. The molecule has 0 fully saturated rings. The van der Waals surface area contributed by atoms with Gasteiger partial charge in [-0.2, -0.15) is 19.9 Å². The summed E-state index contributed by atoms with van der Waals surface area (Å²) in [5, 5.41) is 9.77. The Morgan fingerprint density at radius 1 is 1.25 bits per heavy atom. The van der Waals surface area contributed by atoms with E-state index in [9.17, 15) is 8.42 Å². The lowest BCUT2D eigenvalue weighted by Gasteiger charge is -2.03. The van der Waals surface area contributed by atoms with Crippen LogP contribution in [-0.2, 0) is 26.0 Å². The van der Waals surface area contributed by atoms with Crippen molar-refractivity contribution in [3.8, 4) is 5.88 Å². The van der Waals surface area contributed by atoms with E-state index in [1.54, 1.807) is 24.3 Å². The highest BCUT2D eigenvalue weighted by atomic mass is 32.2. The lowest BCUT2D eigenvalue weighted by Crippen LogP contribution is -1.99. The van der Waals surface area contributed by atoms with Gasteiger partial charge in [-0.05, 0) is 17.7 Å². The summed E-state index contributed by atoms with van der Waals surface area (Å²) in [6, 6.07) is 6.51. The van der Waals surface area contributed by atoms with Crippen molar-refractivity contribution < 1.29 is 22.7 Å². The molecule has 2 rings (SSSR count). The molecule has 0 bridgehead atoms. The van der Waals surface area contributed by atoms with Crippen LogP contribution in [0.15, 0.2) is 35.4 Å². The van der Waals surface area contributed by atoms with Gasteiger partial charge in [-0.25, -0.2) is 8.42 Å². The highest BCUT2D eigenvalue weighted by Crippen LogP contribution is 2.12. The van der Waals surface area contributed by atoms with Crippen molar-refractivity contribution in [1.29, 1.82) is 0 Å². The van der Waals surface area contributed by atoms with Crippen LogP contribution in [0.5, 0.6) is 5.88 Å². The fourth-order valence-electron chi connectivity index (χ4n) is 1.25. The second kappa shape index (κ2) is 7.17. The maximum absolute atomic E-state index is 11.2. The molecule has 1 N–H and O–H groups in total. The predicted molar refractivity (Wildman–Crippen MR) is 65.3 cm³/mol. The van der Waals surface area contributed by atoms with Crippen molar-refractivity contribution in [3.05, 3.63) is 36.0 Å². The van der Waals surface area contributed by atoms with Gasteiger partial charge in [0, 0.05) is 6.26 Å². The quantitative estimate of drug-likeness (QED) is 0.856. The van der Waals surface area contributed by atoms with Gasteiger partial charge in [-0.1, -0.05) is 12.1 Å². The van der Waals surface area contributed by atoms with Gasteiger partial charge >= 0.3 is 6.15 Å². The normalized spacial score (nSPS) is 10.1. The van der Waals surface area contributed by atoms with E-state index in [1.807, 2.05) is 0 Å². The third-order valence-electron chi connectivity index (χ3n) is 2.13. The Hall–Kier alpha value is -2.51. The first-order valence-electron chi connectivity index (χ1n) is 5.24. The van der Waals surface area contributed by atoms with Crippen LogP contribution in [0.2, 0.25) is 0 Å². The van der Waals surface area contributed by atoms with Gasteiger partial charge < -0.3 is 4.74 Å². The SMILES string of the molecule is CS(=O)(=O)c1ccc(COc2cn[nH]n2)cc1.O=C=O. The zero-order chi connectivity index (χ0) is 15.0. The van der Waals surface area contributed by atoms with Crippen molar-refractivity contribution in [2.45, 2.75) is 11.5 Å². The number of benzene rings is 1. The molecule has 0 aliphatic carbocycles. The fourth-order valence-corrected chi connectivity index (χ4v) is 1.88. The topological polar surface area (TPSA) is 119 Å². The molecule has 1 heterocycles. The monoisotopic (exact) mass is 297 g/mol. The van der Waals surface area contributed by atoms with E-state index < -0.39 is 9.84 Å². The molecule has 1 aromatic heterocycles. The number of ether oxygens (including phenoxy) is 1. The molecule has 0 radical (unpaired) electrons. The molecule has 1 aromatic carbocycles. The zero-order valence-electron chi connectivity index (χ0n) is 10.4. The Labute approximate surface area is 114 Å². The van der Waals surface area contributed by atoms with E-state index in [0.29, 0.717) is 17.4 Å².